The molecule has 0 heterocycles. The number of hydrogen-bond donors (Lipinski definition) is 1. The van der Waals surface area contributed by atoms with Gasteiger partial charge in [-0.15, -0.1) is 0 Å². The third-order valence-electron chi connectivity index (χ3n) is 3.36. The Morgan fingerprint density at radius 1 is 1.47 bits per heavy atom. The molecule has 1 aliphatic carbocycles. The zero-order chi connectivity index (χ0) is 12.4. The van der Waals surface area contributed by atoms with E-state index in [1.54, 1.807) is 12.1 Å². The SMILES string of the molecule is CC1CCCC1Nc1ccc(Cl)c([N+](=O)[O-])c1. The van der Waals surface area contributed by atoms with E-state index in [0.717, 1.165) is 12.1 Å². The van der Waals surface area contributed by atoms with Gasteiger partial charge < -0.3 is 5.32 Å². The maximum Gasteiger partial charge on any atom is 0.289 e. The molecule has 1 aromatic rings. The molecule has 1 fully saturated rings. The fourth-order valence-corrected chi connectivity index (χ4v) is 2.50. The van der Waals surface area contributed by atoms with Crippen LogP contribution in [0.2, 0.25) is 5.02 Å². The summed E-state index contributed by atoms with van der Waals surface area (Å²) < 4.78 is 0. The van der Waals surface area contributed by atoms with E-state index >= 15 is 0 Å². The molecule has 4 nitrogen and oxygen atoms in total. The summed E-state index contributed by atoms with van der Waals surface area (Å²) in [5.74, 6) is 0.615. The predicted molar refractivity (Wildman–Crippen MR) is 68.5 cm³/mol. The van der Waals surface area contributed by atoms with E-state index in [4.69, 9.17) is 11.6 Å². The second-order valence-corrected chi connectivity index (χ2v) is 4.99. The molecule has 0 aliphatic heterocycles. The van der Waals surface area contributed by atoms with E-state index in [0.29, 0.717) is 12.0 Å². The minimum absolute atomic E-state index is 0.0395. The van der Waals surface area contributed by atoms with E-state index in [1.165, 1.54) is 18.9 Å². The van der Waals surface area contributed by atoms with Gasteiger partial charge in [0.25, 0.3) is 5.69 Å². The molecule has 1 N–H and O–H groups in total. The highest BCUT2D eigenvalue weighted by Crippen LogP contribution is 2.31. The second-order valence-electron chi connectivity index (χ2n) is 4.58. The first-order chi connectivity index (χ1) is 8.08. The van der Waals surface area contributed by atoms with Gasteiger partial charge in [-0.3, -0.25) is 10.1 Å². The van der Waals surface area contributed by atoms with Gasteiger partial charge >= 0.3 is 0 Å². The van der Waals surface area contributed by atoms with Gasteiger partial charge in [0.15, 0.2) is 0 Å². The summed E-state index contributed by atoms with van der Waals surface area (Å²) in [5.41, 5.74) is 0.738. The average Bonchev–Trinajstić information content (AvgIpc) is 2.67. The van der Waals surface area contributed by atoms with Gasteiger partial charge in [-0.05, 0) is 30.9 Å². The minimum atomic E-state index is -0.453. The van der Waals surface area contributed by atoms with Crippen molar-refractivity contribution < 1.29 is 4.92 Å². The van der Waals surface area contributed by atoms with Gasteiger partial charge in [0.05, 0.1) is 4.92 Å². The van der Waals surface area contributed by atoms with Gasteiger partial charge in [0.1, 0.15) is 5.02 Å². The van der Waals surface area contributed by atoms with Gasteiger partial charge in [-0.25, -0.2) is 0 Å². The Morgan fingerprint density at radius 2 is 2.24 bits per heavy atom. The Hall–Kier alpha value is -1.29. The third kappa shape index (κ3) is 2.69. The molecular formula is C12H15ClN2O2. The maximum atomic E-state index is 10.8. The monoisotopic (exact) mass is 254 g/mol. The van der Waals surface area contributed by atoms with Gasteiger partial charge in [-0.2, -0.15) is 0 Å². The zero-order valence-electron chi connectivity index (χ0n) is 9.65. The molecule has 1 saturated carbocycles. The summed E-state index contributed by atoms with van der Waals surface area (Å²) >= 11 is 5.77. The number of rotatable bonds is 3. The fourth-order valence-electron chi connectivity index (χ4n) is 2.32. The molecule has 2 unspecified atom stereocenters. The van der Waals surface area contributed by atoms with Gasteiger partial charge in [0.2, 0.25) is 0 Å². The van der Waals surface area contributed by atoms with Crippen molar-refractivity contribution in [3.8, 4) is 0 Å². The summed E-state index contributed by atoms with van der Waals surface area (Å²) in [5, 5.41) is 14.3. The highest BCUT2D eigenvalue weighted by Gasteiger charge is 2.23. The minimum Gasteiger partial charge on any atom is -0.382 e. The maximum absolute atomic E-state index is 10.8. The summed E-state index contributed by atoms with van der Waals surface area (Å²) in [6.45, 7) is 2.20. The largest absolute Gasteiger partial charge is 0.382 e. The van der Waals surface area contributed by atoms with Crippen LogP contribution in [-0.4, -0.2) is 11.0 Å². The Kier molecular flexibility index (Phi) is 3.52. The van der Waals surface area contributed by atoms with Crippen LogP contribution in [0.1, 0.15) is 26.2 Å². The first-order valence-electron chi connectivity index (χ1n) is 5.78. The summed E-state index contributed by atoms with van der Waals surface area (Å²) in [6, 6.07) is 5.28. The molecule has 1 aliphatic rings. The molecule has 0 spiro atoms. The Morgan fingerprint density at radius 3 is 2.82 bits per heavy atom. The standard InChI is InChI=1S/C12H15ClN2O2/c1-8-3-2-4-11(8)14-9-5-6-10(13)12(7-9)15(16)17/h5-8,11,14H,2-4H2,1H3. The highest BCUT2D eigenvalue weighted by molar-refractivity contribution is 6.32. The van der Waals surface area contributed by atoms with Crippen LogP contribution >= 0.6 is 11.6 Å². The van der Waals surface area contributed by atoms with Crippen molar-refractivity contribution in [3.63, 3.8) is 0 Å². The molecule has 2 rings (SSSR count). The fraction of sp³-hybridized carbons (Fsp3) is 0.500. The lowest BCUT2D eigenvalue weighted by Crippen LogP contribution is -2.21. The van der Waals surface area contributed by atoms with Crippen molar-refractivity contribution >= 4 is 23.0 Å². The van der Waals surface area contributed by atoms with Crippen LogP contribution in [0.25, 0.3) is 0 Å². The first kappa shape index (κ1) is 12.2. The number of hydrogen-bond acceptors (Lipinski definition) is 3. The van der Waals surface area contributed by atoms with Crippen molar-refractivity contribution in [2.75, 3.05) is 5.32 Å². The molecule has 17 heavy (non-hydrogen) atoms. The van der Waals surface area contributed by atoms with Crippen LogP contribution in [-0.2, 0) is 0 Å². The number of nitro benzene ring substituents is 1. The lowest BCUT2D eigenvalue weighted by Gasteiger charge is -2.18. The van der Waals surface area contributed by atoms with E-state index < -0.39 is 4.92 Å². The highest BCUT2D eigenvalue weighted by atomic mass is 35.5. The number of nitro groups is 1. The van der Waals surface area contributed by atoms with Crippen LogP contribution < -0.4 is 5.32 Å². The van der Waals surface area contributed by atoms with Gasteiger partial charge in [-0.1, -0.05) is 24.9 Å². The molecule has 0 aromatic heterocycles. The lowest BCUT2D eigenvalue weighted by molar-refractivity contribution is -0.384. The summed E-state index contributed by atoms with van der Waals surface area (Å²) in [6.07, 6.45) is 3.56. The average molecular weight is 255 g/mol. The molecule has 1 aromatic carbocycles. The molecule has 0 saturated heterocycles. The van der Waals surface area contributed by atoms with E-state index in [-0.39, 0.29) is 10.7 Å². The van der Waals surface area contributed by atoms with Crippen LogP contribution in [0, 0.1) is 16.0 Å². The van der Waals surface area contributed by atoms with Crippen molar-refractivity contribution in [1.29, 1.82) is 0 Å². The van der Waals surface area contributed by atoms with E-state index in [2.05, 4.69) is 12.2 Å². The second kappa shape index (κ2) is 4.92. The van der Waals surface area contributed by atoms with Gasteiger partial charge in [0, 0.05) is 17.8 Å². The number of anilines is 1. The number of nitrogens with zero attached hydrogens (tertiary/aromatic N) is 1. The van der Waals surface area contributed by atoms with Crippen molar-refractivity contribution in [2.45, 2.75) is 32.2 Å². The summed E-state index contributed by atoms with van der Waals surface area (Å²) in [4.78, 5) is 10.3. The van der Waals surface area contributed by atoms with E-state index in [9.17, 15) is 10.1 Å². The van der Waals surface area contributed by atoms with Crippen LogP contribution in [0.4, 0.5) is 11.4 Å². The first-order valence-corrected chi connectivity index (χ1v) is 6.16. The van der Waals surface area contributed by atoms with Crippen LogP contribution in [0.5, 0.6) is 0 Å². The van der Waals surface area contributed by atoms with Crippen LogP contribution in [0.15, 0.2) is 18.2 Å². The Bertz CT molecular complexity index is 437. The molecule has 2 atom stereocenters. The lowest BCUT2D eigenvalue weighted by atomic mass is 10.1. The molecule has 0 bridgehead atoms. The normalized spacial score (nSPS) is 23.6. The summed E-state index contributed by atoms with van der Waals surface area (Å²) in [7, 11) is 0. The van der Waals surface area contributed by atoms with Crippen molar-refractivity contribution in [1.82, 2.24) is 0 Å². The van der Waals surface area contributed by atoms with E-state index in [1.807, 2.05) is 0 Å². The Balaban J connectivity index is 2.16. The molecule has 5 heteroatoms. The zero-order valence-corrected chi connectivity index (χ0v) is 10.4. The van der Waals surface area contributed by atoms with Crippen molar-refractivity contribution in [3.05, 3.63) is 33.3 Å². The molecule has 0 radical (unpaired) electrons. The quantitative estimate of drug-likeness (QED) is 0.658. The molecule has 92 valence electrons. The number of benzene rings is 1. The number of nitrogens with one attached hydrogen (secondary N) is 1. The molecular weight excluding hydrogens is 240 g/mol. The Labute approximate surface area is 105 Å². The van der Waals surface area contributed by atoms with Crippen molar-refractivity contribution in [2.24, 2.45) is 5.92 Å². The topological polar surface area (TPSA) is 55.2 Å². The third-order valence-corrected chi connectivity index (χ3v) is 3.68. The smallest absolute Gasteiger partial charge is 0.289 e. The molecule has 0 amide bonds. The predicted octanol–water partition coefficient (Wildman–Crippen LogP) is 3.85. The number of halogens is 1. The van der Waals surface area contributed by atoms with Crippen LogP contribution in [0.3, 0.4) is 0 Å².